The molecule has 0 saturated heterocycles. The largest absolute Gasteiger partial charge is 0.276 e. The van der Waals surface area contributed by atoms with Crippen molar-refractivity contribution < 1.29 is 0 Å². The monoisotopic (exact) mass is 215 g/mol. The summed E-state index contributed by atoms with van der Waals surface area (Å²) in [5.41, 5.74) is 3.16. The fraction of sp³-hybridized carbons (Fsp3) is 0.0909. The van der Waals surface area contributed by atoms with Crippen LogP contribution in [0.4, 0.5) is 0 Å². The zero-order valence-electron chi connectivity index (χ0n) is 8.19. The minimum atomic E-state index is 0.996. The number of aromatic nitrogens is 3. The molecule has 3 rings (SSSR count). The van der Waals surface area contributed by atoms with Gasteiger partial charge < -0.3 is 0 Å². The van der Waals surface area contributed by atoms with E-state index in [0.29, 0.717) is 0 Å². The molecule has 3 aromatic rings. The Morgan fingerprint density at radius 1 is 1.40 bits per heavy atom. The Labute approximate surface area is 90.8 Å². The lowest BCUT2D eigenvalue weighted by atomic mass is 10.2. The Hall–Kier alpha value is -1.68. The predicted molar refractivity (Wildman–Crippen MR) is 61.9 cm³/mol. The molecule has 0 spiro atoms. The number of aryl methyl sites for hydroxylation is 1. The highest BCUT2D eigenvalue weighted by atomic mass is 32.1. The average molecular weight is 215 g/mol. The van der Waals surface area contributed by atoms with E-state index in [1.165, 1.54) is 9.58 Å². The van der Waals surface area contributed by atoms with Gasteiger partial charge in [0.25, 0.3) is 0 Å². The normalized spacial score (nSPS) is 11.0. The highest BCUT2D eigenvalue weighted by Gasteiger charge is 2.10. The van der Waals surface area contributed by atoms with Crippen LogP contribution in [0.1, 0.15) is 4.88 Å². The SMILES string of the molecule is Cc1cc2[nH]nc(-c3cccnc3)c2s1. The van der Waals surface area contributed by atoms with E-state index in [-0.39, 0.29) is 0 Å². The molecule has 4 heteroatoms. The lowest BCUT2D eigenvalue weighted by molar-refractivity contribution is 1.12. The molecule has 0 aromatic carbocycles. The molecule has 0 unspecified atom stereocenters. The van der Waals surface area contributed by atoms with Crippen LogP contribution < -0.4 is 0 Å². The molecule has 0 aliphatic carbocycles. The second kappa shape index (κ2) is 3.17. The number of fused-ring (bicyclic) bond motifs is 1. The Morgan fingerprint density at radius 3 is 3.13 bits per heavy atom. The summed E-state index contributed by atoms with van der Waals surface area (Å²) in [4.78, 5) is 5.40. The molecule has 0 aliphatic rings. The maximum atomic E-state index is 4.31. The first-order valence-corrected chi connectivity index (χ1v) is 5.51. The summed E-state index contributed by atoms with van der Waals surface area (Å²) in [5.74, 6) is 0. The molecule has 1 N–H and O–H groups in total. The number of thiophene rings is 1. The minimum Gasteiger partial charge on any atom is -0.276 e. The van der Waals surface area contributed by atoms with Gasteiger partial charge in [-0.05, 0) is 25.1 Å². The Bertz CT molecular complexity index is 595. The van der Waals surface area contributed by atoms with Crippen molar-refractivity contribution in [2.24, 2.45) is 0 Å². The van der Waals surface area contributed by atoms with Gasteiger partial charge in [-0.2, -0.15) is 5.10 Å². The topological polar surface area (TPSA) is 41.6 Å². The van der Waals surface area contributed by atoms with Crippen molar-refractivity contribution in [2.75, 3.05) is 0 Å². The summed E-state index contributed by atoms with van der Waals surface area (Å²) in [7, 11) is 0. The molecule has 0 saturated carbocycles. The smallest absolute Gasteiger partial charge is 0.111 e. The third kappa shape index (κ3) is 1.34. The molecule has 0 bridgehead atoms. The van der Waals surface area contributed by atoms with Gasteiger partial charge in [0.2, 0.25) is 0 Å². The van der Waals surface area contributed by atoms with E-state index in [2.05, 4.69) is 28.2 Å². The van der Waals surface area contributed by atoms with Crippen molar-refractivity contribution >= 4 is 21.6 Å². The molecule has 3 heterocycles. The van der Waals surface area contributed by atoms with Crippen molar-refractivity contribution in [1.29, 1.82) is 0 Å². The molecule has 3 aromatic heterocycles. The standard InChI is InChI=1S/C11H9N3S/c1-7-5-9-11(15-7)10(14-13-9)8-3-2-4-12-6-8/h2-6H,1H3,(H,13,14). The molecule has 0 atom stereocenters. The van der Waals surface area contributed by atoms with Gasteiger partial charge in [-0.3, -0.25) is 10.1 Å². The number of hydrogen-bond donors (Lipinski definition) is 1. The molecule has 0 amide bonds. The van der Waals surface area contributed by atoms with Crippen LogP contribution in [-0.2, 0) is 0 Å². The molecule has 0 aliphatic heterocycles. The van der Waals surface area contributed by atoms with Gasteiger partial charge in [-0.1, -0.05) is 0 Å². The average Bonchev–Trinajstić information content (AvgIpc) is 2.77. The van der Waals surface area contributed by atoms with Crippen LogP contribution in [0.5, 0.6) is 0 Å². The van der Waals surface area contributed by atoms with E-state index in [1.807, 2.05) is 18.3 Å². The van der Waals surface area contributed by atoms with E-state index in [0.717, 1.165) is 16.8 Å². The Balaban J connectivity index is 2.27. The van der Waals surface area contributed by atoms with Crippen LogP contribution in [0, 0.1) is 6.92 Å². The maximum absolute atomic E-state index is 4.31. The van der Waals surface area contributed by atoms with E-state index in [4.69, 9.17) is 0 Å². The molecule has 3 nitrogen and oxygen atoms in total. The van der Waals surface area contributed by atoms with E-state index in [9.17, 15) is 0 Å². The second-order valence-corrected chi connectivity index (χ2v) is 4.67. The van der Waals surface area contributed by atoms with Crippen LogP contribution in [0.3, 0.4) is 0 Å². The molecule has 0 fully saturated rings. The zero-order valence-corrected chi connectivity index (χ0v) is 9.01. The number of aromatic amines is 1. The number of nitrogens with zero attached hydrogens (tertiary/aromatic N) is 2. The first kappa shape index (κ1) is 8.61. The lowest BCUT2D eigenvalue weighted by Crippen LogP contribution is -1.78. The maximum Gasteiger partial charge on any atom is 0.111 e. The number of hydrogen-bond acceptors (Lipinski definition) is 3. The first-order valence-electron chi connectivity index (χ1n) is 4.69. The predicted octanol–water partition coefficient (Wildman–Crippen LogP) is 2.99. The summed E-state index contributed by atoms with van der Waals surface area (Å²) in [5, 5.41) is 7.35. The van der Waals surface area contributed by atoms with Gasteiger partial charge in [-0.15, -0.1) is 11.3 Å². The number of nitrogens with one attached hydrogen (secondary N) is 1. The van der Waals surface area contributed by atoms with E-state index < -0.39 is 0 Å². The van der Waals surface area contributed by atoms with Crippen LogP contribution in [0.25, 0.3) is 21.5 Å². The first-order chi connectivity index (χ1) is 7.34. The van der Waals surface area contributed by atoms with Gasteiger partial charge in [0, 0.05) is 22.8 Å². The van der Waals surface area contributed by atoms with Gasteiger partial charge in [-0.25, -0.2) is 0 Å². The van der Waals surface area contributed by atoms with E-state index >= 15 is 0 Å². The van der Waals surface area contributed by atoms with Crippen LogP contribution >= 0.6 is 11.3 Å². The third-order valence-corrected chi connectivity index (χ3v) is 3.35. The van der Waals surface area contributed by atoms with Crippen LogP contribution in [0.15, 0.2) is 30.6 Å². The Kier molecular flexibility index (Phi) is 1.82. The van der Waals surface area contributed by atoms with Crippen molar-refractivity contribution in [1.82, 2.24) is 15.2 Å². The summed E-state index contributed by atoms with van der Waals surface area (Å²) in [6.45, 7) is 2.10. The second-order valence-electron chi connectivity index (χ2n) is 3.41. The minimum absolute atomic E-state index is 0.996. The van der Waals surface area contributed by atoms with Crippen molar-refractivity contribution in [2.45, 2.75) is 6.92 Å². The zero-order chi connectivity index (χ0) is 10.3. The van der Waals surface area contributed by atoms with Gasteiger partial charge in [0.05, 0.1) is 10.2 Å². The third-order valence-electron chi connectivity index (χ3n) is 2.29. The van der Waals surface area contributed by atoms with Crippen molar-refractivity contribution in [3.8, 4) is 11.3 Å². The van der Waals surface area contributed by atoms with Crippen molar-refractivity contribution in [3.63, 3.8) is 0 Å². The number of pyridine rings is 1. The summed E-state index contributed by atoms with van der Waals surface area (Å²) in [6, 6.07) is 6.07. The molecule has 74 valence electrons. The van der Waals surface area contributed by atoms with Gasteiger partial charge in [0.15, 0.2) is 0 Å². The lowest BCUT2D eigenvalue weighted by Gasteiger charge is -1.93. The fourth-order valence-corrected chi connectivity index (χ4v) is 2.61. The quantitative estimate of drug-likeness (QED) is 0.678. The molecular formula is C11H9N3S. The van der Waals surface area contributed by atoms with Crippen LogP contribution in [0.2, 0.25) is 0 Å². The summed E-state index contributed by atoms with van der Waals surface area (Å²) in [6.07, 6.45) is 3.61. The summed E-state index contributed by atoms with van der Waals surface area (Å²) < 4.78 is 1.21. The number of H-pyrrole nitrogens is 1. The molecular weight excluding hydrogens is 206 g/mol. The number of rotatable bonds is 1. The summed E-state index contributed by atoms with van der Waals surface area (Å²) >= 11 is 1.76. The molecule has 15 heavy (non-hydrogen) atoms. The Morgan fingerprint density at radius 2 is 2.33 bits per heavy atom. The fourth-order valence-electron chi connectivity index (χ4n) is 1.64. The highest BCUT2D eigenvalue weighted by molar-refractivity contribution is 7.19. The highest BCUT2D eigenvalue weighted by Crippen LogP contribution is 2.31. The van der Waals surface area contributed by atoms with E-state index in [1.54, 1.807) is 17.5 Å². The van der Waals surface area contributed by atoms with Gasteiger partial charge >= 0.3 is 0 Å². The molecule has 0 radical (unpaired) electrons. The van der Waals surface area contributed by atoms with Crippen molar-refractivity contribution in [3.05, 3.63) is 35.5 Å². The van der Waals surface area contributed by atoms with Gasteiger partial charge in [0.1, 0.15) is 5.69 Å². The van der Waals surface area contributed by atoms with Crippen LogP contribution in [-0.4, -0.2) is 15.2 Å².